The predicted octanol–water partition coefficient (Wildman–Crippen LogP) is 0.0640. The van der Waals surface area contributed by atoms with Gasteiger partial charge in [-0.1, -0.05) is 12.8 Å². The van der Waals surface area contributed by atoms with Crippen molar-refractivity contribution >= 4 is 11.9 Å². The van der Waals surface area contributed by atoms with Gasteiger partial charge in [-0.3, -0.25) is 4.79 Å². The molecule has 0 radical (unpaired) electrons. The predicted molar refractivity (Wildman–Crippen MR) is 63.1 cm³/mol. The van der Waals surface area contributed by atoms with Crippen molar-refractivity contribution in [2.45, 2.75) is 44.2 Å². The Kier molecular flexibility index (Phi) is 3.31. The summed E-state index contributed by atoms with van der Waals surface area (Å²) in [5.74, 6) is 0.511. The molecule has 3 N–H and O–H groups in total. The molecule has 0 bridgehead atoms. The summed E-state index contributed by atoms with van der Waals surface area (Å²) in [6, 6.07) is 0.192. The molecule has 1 amide bonds. The molecule has 1 atom stereocenters. The number of nitrogens with two attached hydrogens (primary N) is 1. The second kappa shape index (κ2) is 4.72. The van der Waals surface area contributed by atoms with E-state index in [9.17, 15) is 4.79 Å². The number of hydrogen-bond acceptors (Lipinski definition) is 2. The summed E-state index contributed by atoms with van der Waals surface area (Å²) in [7, 11) is 1.80. The zero-order valence-corrected chi connectivity index (χ0v) is 9.78. The minimum Gasteiger partial charge on any atom is -0.370 e. The Morgan fingerprint density at radius 2 is 2.12 bits per heavy atom. The maximum Gasteiger partial charge on any atom is 0.247 e. The Balaban J connectivity index is 1.88. The van der Waals surface area contributed by atoms with E-state index in [-0.39, 0.29) is 11.9 Å². The lowest BCUT2D eigenvalue weighted by Crippen LogP contribution is -2.40. The molecule has 16 heavy (non-hydrogen) atoms. The number of carbonyl (C=O) groups excluding carboxylic acids is 1. The Bertz CT molecular complexity index is 296. The maximum atomic E-state index is 11.6. The fourth-order valence-corrected chi connectivity index (χ4v) is 2.41. The molecular formula is C11H20N4O. The molecule has 0 aromatic heterocycles. The molecule has 5 nitrogen and oxygen atoms in total. The van der Waals surface area contributed by atoms with Crippen LogP contribution in [0.5, 0.6) is 0 Å². The van der Waals surface area contributed by atoms with E-state index in [0.717, 1.165) is 25.8 Å². The number of amides is 1. The molecule has 2 fully saturated rings. The summed E-state index contributed by atoms with van der Waals surface area (Å²) in [4.78, 5) is 17.6. The van der Waals surface area contributed by atoms with Crippen molar-refractivity contribution in [3.63, 3.8) is 0 Å². The molecule has 90 valence electrons. The lowest BCUT2D eigenvalue weighted by Gasteiger charge is -2.13. The number of likely N-dealkylation sites (N-methyl/N-ethyl adjacent to an activating group) is 1. The van der Waals surface area contributed by atoms with Crippen LogP contribution in [0.4, 0.5) is 0 Å². The minimum absolute atomic E-state index is 0.0798. The number of likely N-dealkylation sites (tertiary alicyclic amines) is 1. The van der Waals surface area contributed by atoms with Crippen LogP contribution < -0.4 is 11.1 Å². The number of nitrogens with zero attached hydrogens (tertiary/aromatic N) is 2. The van der Waals surface area contributed by atoms with Gasteiger partial charge in [0.05, 0.1) is 0 Å². The molecule has 1 unspecified atom stereocenters. The van der Waals surface area contributed by atoms with Gasteiger partial charge >= 0.3 is 0 Å². The highest BCUT2D eigenvalue weighted by atomic mass is 16.2. The topological polar surface area (TPSA) is 70.7 Å². The van der Waals surface area contributed by atoms with Crippen LogP contribution in [0.3, 0.4) is 0 Å². The van der Waals surface area contributed by atoms with Crippen LogP contribution >= 0.6 is 0 Å². The third kappa shape index (κ3) is 2.46. The van der Waals surface area contributed by atoms with Gasteiger partial charge in [-0.25, -0.2) is 4.99 Å². The normalized spacial score (nSPS) is 27.8. The van der Waals surface area contributed by atoms with E-state index in [4.69, 9.17) is 5.73 Å². The first kappa shape index (κ1) is 11.2. The van der Waals surface area contributed by atoms with Crippen LogP contribution in [0.2, 0.25) is 0 Å². The van der Waals surface area contributed by atoms with Gasteiger partial charge in [-0.05, 0) is 19.3 Å². The molecule has 1 aliphatic carbocycles. The van der Waals surface area contributed by atoms with Crippen molar-refractivity contribution in [3.05, 3.63) is 0 Å². The lowest BCUT2D eigenvalue weighted by atomic mass is 10.2. The molecule has 1 aliphatic heterocycles. The molecular weight excluding hydrogens is 204 g/mol. The Morgan fingerprint density at radius 3 is 2.69 bits per heavy atom. The summed E-state index contributed by atoms with van der Waals surface area (Å²) >= 11 is 0. The van der Waals surface area contributed by atoms with E-state index in [0.29, 0.717) is 12.0 Å². The lowest BCUT2D eigenvalue weighted by molar-refractivity contribution is -0.127. The van der Waals surface area contributed by atoms with Gasteiger partial charge in [0.15, 0.2) is 5.96 Å². The Labute approximate surface area is 96.1 Å². The number of hydrogen-bond donors (Lipinski definition) is 2. The fraction of sp³-hybridized carbons (Fsp3) is 0.818. The van der Waals surface area contributed by atoms with Gasteiger partial charge < -0.3 is 16.0 Å². The first-order valence-corrected chi connectivity index (χ1v) is 6.01. The van der Waals surface area contributed by atoms with Crippen molar-refractivity contribution in [2.24, 2.45) is 10.7 Å². The average Bonchev–Trinajstić information content (AvgIpc) is 2.83. The van der Waals surface area contributed by atoms with Crippen molar-refractivity contribution in [2.75, 3.05) is 13.6 Å². The molecule has 0 spiro atoms. The highest BCUT2D eigenvalue weighted by molar-refractivity contribution is 5.88. The zero-order chi connectivity index (χ0) is 11.5. The molecule has 1 saturated carbocycles. The van der Waals surface area contributed by atoms with Crippen LogP contribution in [0.25, 0.3) is 0 Å². The molecule has 1 saturated heterocycles. The van der Waals surface area contributed by atoms with E-state index < -0.39 is 0 Å². The summed E-state index contributed by atoms with van der Waals surface area (Å²) in [6.07, 6.45) is 5.62. The SMILES string of the molecule is CN1CCC(N=C(N)NC2CCCC2)C1=O. The van der Waals surface area contributed by atoms with Crippen LogP contribution in [0, 0.1) is 0 Å². The largest absolute Gasteiger partial charge is 0.370 e. The first-order valence-electron chi connectivity index (χ1n) is 6.01. The summed E-state index contributed by atoms with van der Waals surface area (Å²) in [6.45, 7) is 0.781. The van der Waals surface area contributed by atoms with Crippen LogP contribution in [0.1, 0.15) is 32.1 Å². The van der Waals surface area contributed by atoms with E-state index in [1.807, 2.05) is 0 Å². The summed E-state index contributed by atoms with van der Waals surface area (Å²) < 4.78 is 0. The van der Waals surface area contributed by atoms with Crippen molar-refractivity contribution in [3.8, 4) is 0 Å². The molecule has 1 heterocycles. The highest BCUT2D eigenvalue weighted by Crippen LogP contribution is 2.17. The van der Waals surface area contributed by atoms with Crippen molar-refractivity contribution < 1.29 is 4.79 Å². The van der Waals surface area contributed by atoms with Gasteiger partial charge in [-0.15, -0.1) is 0 Å². The van der Waals surface area contributed by atoms with Crippen molar-refractivity contribution in [1.29, 1.82) is 0 Å². The number of rotatable bonds is 2. The quantitative estimate of drug-likeness (QED) is 0.515. The van der Waals surface area contributed by atoms with E-state index in [2.05, 4.69) is 10.3 Å². The number of aliphatic imine (C=N–C) groups is 1. The Hall–Kier alpha value is -1.26. The number of guanidine groups is 1. The third-order valence-electron chi connectivity index (χ3n) is 3.40. The van der Waals surface area contributed by atoms with Crippen molar-refractivity contribution in [1.82, 2.24) is 10.2 Å². The summed E-state index contributed by atoms with van der Waals surface area (Å²) in [5, 5.41) is 3.20. The zero-order valence-electron chi connectivity index (χ0n) is 9.78. The second-order valence-corrected chi connectivity index (χ2v) is 4.70. The monoisotopic (exact) mass is 224 g/mol. The molecule has 2 rings (SSSR count). The third-order valence-corrected chi connectivity index (χ3v) is 3.40. The number of nitrogens with one attached hydrogen (secondary N) is 1. The number of carbonyl (C=O) groups is 1. The average molecular weight is 224 g/mol. The smallest absolute Gasteiger partial charge is 0.247 e. The highest BCUT2D eigenvalue weighted by Gasteiger charge is 2.29. The standard InChI is InChI=1S/C11H20N4O/c1-15-7-6-9(10(15)16)14-11(12)13-8-4-2-3-5-8/h8-9H,2-7H2,1H3,(H3,12,13,14). The molecule has 5 heteroatoms. The van der Waals surface area contributed by atoms with Gasteiger partial charge in [0.1, 0.15) is 6.04 Å². The fourth-order valence-electron chi connectivity index (χ4n) is 2.41. The minimum atomic E-state index is -0.265. The molecule has 2 aliphatic rings. The van der Waals surface area contributed by atoms with Crippen LogP contribution in [-0.4, -0.2) is 42.4 Å². The summed E-state index contributed by atoms with van der Waals surface area (Å²) in [5.41, 5.74) is 5.81. The van der Waals surface area contributed by atoms with Crippen LogP contribution in [-0.2, 0) is 4.79 Å². The second-order valence-electron chi connectivity index (χ2n) is 4.70. The van der Waals surface area contributed by atoms with Crippen LogP contribution in [0.15, 0.2) is 4.99 Å². The van der Waals surface area contributed by atoms with Gasteiger partial charge in [-0.2, -0.15) is 0 Å². The van der Waals surface area contributed by atoms with Gasteiger partial charge in [0, 0.05) is 19.6 Å². The first-order chi connectivity index (χ1) is 7.66. The maximum absolute atomic E-state index is 11.6. The van der Waals surface area contributed by atoms with E-state index >= 15 is 0 Å². The van der Waals surface area contributed by atoms with E-state index in [1.54, 1.807) is 11.9 Å². The molecule has 0 aromatic rings. The van der Waals surface area contributed by atoms with Gasteiger partial charge in [0.25, 0.3) is 0 Å². The van der Waals surface area contributed by atoms with E-state index in [1.165, 1.54) is 12.8 Å². The molecule has 0 aromatic carbocycles. The van der Waals surface area contributed by atoms with Gasteiger partial charge in [0.2, 0.25) is 5.91 Å². The Morgan fingerprint density at radius 1 is 1.44 bits per heavy atom.